The van der Waals surface area contributed by atoms with Gasteiger partial charge in [0.1, 0.15) is 17.9 Å². The zero-order valence-electron chi connectivity index (χ0n) is 19.6. The summed E-state index contributed by atoms with van der Waals surface area (Å²) in [5, 5.41) is 2.75. The monoisotopic (exact) mass is 473 g/mol. The first-order chi connectivity index (χ1) is 16.9. The molecule has 0 aliphatic carbocycles. The Morgan fingerprint density at radius 3 is 2.11 bits per heavy atom. The van der Waals surface area contributed by atoms with Crippen LogP contribution in [0, 0.1) is 5.82 Å². The number of hydrogen-bond acceptors (Lipinski definition) is 3. The molecule has 3 aromatic carbocycles. The van der Waals surface area contributed by atoms with Gasteiger partial charge in [0, 0.05) is 13.1 Å². The molecular formula is C28H28FN3O3. The first-order valence-corrected chi connectivity index (χ1v) is 11.7. The highest BCUT2D eigenvalue weighted by Gasteiger charge is 2.51. The van der Waals surface area contributed by atoms with Gasteiger partial charge in [0.2, 0.25) is 5.91 Å². The Balaban J connectivity index is 1.53. The van der Waals surface area contributed by atoms with Crippen LogP contribution in [0.15, 0.2) is 84.9 Å². The Morgan fingerprint density at radius 2 is 1.51 bits per heavy atom. The highest BCUT2D eigenvalue weighted by Crippen LogP contribution is 2.32. The number of carbonyl (C=O) groups is 3. The number of nitrogens with one attached hydrogen (secondary N) is 1. The average Bonchev–Trinajstić information content (AvgIpc) is 3.13. The molecule has 180 valence electrons. The molecule has 1 N–H and O–H groups in total. The van der Waals surface area contributed by atoms with Crippen LogP contribution in [-0.2, 0) is 28.1 Å². The van der Waals surface area contributed by atoms with E-state index in [0.29, 0.717) is 25.1 Å². The molecular weight excluding hydrogens is 445 g/mol. The molecule has 1 atom stereocenters. The highest BCUT2D eigenvalue weighted by molar-refractivity contribution is 6.09. The fraction of sp³-hybridized carbons (Fsp3) is 0.250. The predicted octanol–water partition coefficient (Wildman–Crippen LogP) is 4.25. The molecule has 1 saturated heterocycles. The van der Waals surface area contributed by atoms with Gasteiger partial charge in [-0.05, 0) is 41.7 Å². The van der Waals surface area contributed by atoms with Crippen LogP contribution in [0.1, 0.15) is 30.0 Å². The van der Waals surface area contributed by atoms with E-state index < -0.39 is 23.3 Å². The van der Waals surface area contributed by atoms with E-state index in [1.165, 1.54) is 24.3 Å². The molecule has 3 aromatic rings. The minimum atomic E-state index is -1.32. The van der Waals surface area contributed by atoms with Crippen molar-refractivity contribution in [1.82, 2.24) is 15.1 Å². The number of carbonyl (C=O) groups excluding carboxylic acids is 3. The maximum Gasteiger partial charge on any atom is 0.325 e. The molecule has 0 bridgehead atoms. The van der Waals surface area contributed by atoms with Crippen molar-refractivity contribution in [3.05, 3.63) is 107 Å². The minimum Gasteiger partial charge on any atom is -0.336 e. The maximum atomic E-state index is 13.5. The number of nitrogens with zero attached hydrogens (tertiary/aromatic N) is 2. The highest BCUT2D eigenvalue weighted by atomic mass is 19.1. The summed E-state index contributed by atoms with van der Waals surface area (Å²) in [7, 11) is 0. The summed E-state index contributed by atoms with van der Waals surface area (Å²) >= 11 is 0. The molecule has 1 heterocycles. The fourth-order valence-corrected chi connectivity index (χ4v) is 4.38. The van der Waals surface area contributed by atoms with Crippen molar-refractivity contribution in [2.75, 3.05) is 13.1 Å². The molecule has 0 saturated carbocycles. The number of imide groups is 1. The van der Waals surface area contributed by atoms with Crippen molar-refractivity contribution in [3.8, 4) is 0 Å². The normalized spacial score (nSPS) is 17.4. The van der Waals surface area contributed by atoms with Crippen LogP contribution in [0.25, 0.3) is 0 Å². The van der Waals surface area contributed by atoms with Crippen molar-refractivity contribution >= 4 is 17.8 Å². The number of benzene rings is 3. The smallest absolute Gasteiger partial charge is 0.325 e. The topological polar surface area (TPSA) is 69.7 Å². The zero-order valence-corrected chi connectivity index (χ0v) is 19.6. The predicted molar refractivity (Wildman–Crippen MR) is 131 cm³/mol. The third kappa shape index (κ3) is 5.24. The molecule has 1 aliphatic rings. The Hall–Kier alpha value is -4.00. The van der Waals surface area contributed by atoms with Gasteiger partial charge in [0.15, 0.2) is 0 Å². The van der Waals surface area contributed by atoms with E-state index >= 15 is 0 Å². The summed E-state index contributed by atoms with van der Waals surface area (Å²) in [5.74, 6) is -1.26. The summed E-state index contributed by atoms with van der Waals surface area (Å²) < 4.78 is 13.5. The first-order valence-electron chi connectivity index (χ1n) is 11.7. The van der Waals surface area contributed by atoms with Gasteiger partial charge in [0.05, 0.1) is 0 Å². The maximum absolute atomic E-state index is 13.5. The number of hydrogen-bond donors (Lipinski definition) is 1. The van der Waals surface area contributed by atoms with Crippen molar-refractivity contribution in [2.24, 2.45) is 0 Å². The molecule has 1 aliphatic heterocycles. The standard InChI is InChI=1S/C28H28FN3O3/c1-2-28(23-13-15-24(29)16-14-23)26(34)32(27(35)30-28)20-25(33)31(19-22-11-7-4-8-12-22)18-17-21-9-5-3-6-10-21/h3-16H,2,17-20H2,1H3,(H,30,35). The molecule has 0 radical (unpaired) electrons. The van der Waals surface area contributed by atoms with Crippen molar-refractivity contribution < 1.29 is 18.8 Å². The van der Waals surface area contributed by atoms with Crippen LogP contribution in [0.2, 0.25) is 0 Å². The van der Waals surface area contributed by atoms with Crippen LogP contribution >= 0.6 is 0 Å². The molecule has 4 amide bonds. The lowest BCUT2D eigenvalue weighted by atomic mass is 9.87. The summed E-state index contributed by atoms with van der Waals surface area (Å²) in [4.78, 5) is 42.3. The Labute approximate surface area is 204 Å². The van der Waals surface area contributed by atoms with E-state index in [9.17, 15) is 18.8 Å². The zero-order chi connectivity index (χ0) is 24.8. The van der Waals surface area contributed by atoms with Crippen LogP contribution in [0.5, 0.6) is 0 Å². The lowest BCUT2D eigenvalue weighted by Gasteiger charge is -2.27. The van der Waals surface area contributed by atoms with Gasteiger partial charge in [-0.15, -0.1) is 0 Å². The lowest BCUT2D eigenvalue weighted by Crippen LogP contribution is -2.45. The average molecular weight is 474 g/mol. The van der Waals surface area contributed by atoms with Gasteiger partial charge in [-0.1, -0.05) is 79.7 Å². The summed E-state index contributed by atoms with van der Waals surface area (Å²) in [6, 6.07) is 24.3. The van der Waals surface area contributed by atoms with Crippen molar-refractivity contribution in [3.63, 3.8) is 0 Å². The Bertz CT molecular complexity index is 1190. The van der Waals surface area contributed by atoms with E-state index in [0.717, 1.165) is 16.0 Å². The third-order valence-electron chi connectivity index (χ3n) is 6.42. The SMILES string of the molecule is CCC1(c2ccc(F)cc2)NC(=O)N(CC(=O)N(CCc2ccccc2)Cc2ccccc2)C1=O. The first kappa shape index (κ1) is 24.1. The summed E-state index contributed by atoms with van der Waals surface area (Å²) in [6.07, 6.45) is 0.920. The Morgan fingerprint density at radius 1 is 0.914 bits per heavy atom. The second-order valence-corrected chi connectivity index (χ2v) is 8.62. The van der Waals surface area contributed by atoms with E-state index in [2.05, 4.69) is 5.32 Å². The molecule has 1 unspecified atom stereocenters. The minimum absolute atomic E-state index is 0.273. The second kappa shape index (κ2) is 10.5. The van der Waals surface area contributed by atoms with Crippen molar-refractivity contribution in [2.45, 2.75) is 31.8 Å². The van der Waals surface area contributed by atoms with E-state index in [1.807, 2.05) is 60.7 Å². The molecule has 7 heteroatoms. The number of urea groups is 1. The van der Waals surface area contributed by atoms with Gasteiger partial charge < -0.3 is 10.2 Å². The van der Waals surface area contributed by atoms with Crippen molar-refractivity contribution in [1.29, 1.82) is 0 Å². The van der Waals surface area contributed by atoms with Gasteiger partial charge in [-0.2, -0.15) is 0 Å². The quantitative estimate of drug-likeness (QED) is 0.473. The molecule has 35 heavy (non-hydrogen) atoms. The third-order valence-corrected chi connectivity index (χ3v) is 6.42. The van der Waals surface area contributed by atoms with E-state index in [-0.39, 0.29) is 18.9 Å². The second-order valence-electron chi connectivity index (χ2n) is 8.62. The van der Waals surface area contributed by atoms with Crippen LogP contribution in [-0.4, -0.2) is 40.7 Å². The van der Waals surface area contributed by atoms with Crippen LogP contribution in [0.4, 0.5) is 9.18 Å². The molecule has 0 aromatic heterocycles. The van der Waals surface area contributed by atoms with Gasteiger partial charge >= 0.3 is 6.03 Å². The van der Waals surface area contributed by atoms with Gasteiger partial charge in [-0.3, -0.25) is 14.5 Å². The van der Waals surface area contributed by atoms with E-state index in [1.54, 1.807) is 11.8 Å². The van der Waals surface area contributed by atoms with Crippen LogP contribution < -0.4 is 5.32 Å². The summed E-state index contributed by atoms with van der Waals surface area (Å²) in [5.41, 5.74) is 1.22. The lowest BCUT2D eigenvalue weighted by molar-refractivity contribution is -0.139. The molecule has 6 nitrogen and oxygen atoms in total. The molecule has 0 spiro atoms. The van der Waals surface area contributed by atoms with E-state index in [4.69, 9.17) is 0 Å². The van der Waals surface area contributed by atoms with Crippen LogP contribution in [0.3, 0.4) is 0 Å². The molecule has 4 rings (SSSR count). The number of amides is 4. The van der Waals surface area contributed by atoms with Gasteiger partial charge in [-0.25, -0.2) is 9.18 Å². The fourth-order valence-electron chi connectivity index (χ4n) is 4.38. The number of halogens is 1. The van der Waals surface area contributed by atoms with Gasteiger partial charge in [0.25, 0.3) is 5.91 Å². The number of rotatable bonds is 9. The Kier molecular flexibility index (Phi) is 7.25. The molecule has 1 fully saturated rings. The summed E-state index contributed by atoms with van der Waals surface area (Å²) in [6.45, 7) is 2.22. The largest absolute Gasteiger partial charge is 0.336 e.